The molecule has 11 nitrogen and oxygen atoms in total. The fraction of sp³-hybridized carbons (Fsp3) is 0.480. The number of methoxy groups -OCH3 is 1. The Morgan fingerprint density at radius 3 is 2.47 bits per heavy atom. The molecule has 36 heavy (non-hydrogen) atoms. The molecule has 2 bridgehead atoms. The number of carbonyl (C=O) groups is 3. The molecule has 11 heteroatoms. The molecule has 0 saturated heterocycles. The third-order valence-corrected chi connectivity index (χ3v) is 7.00. The van der Waals surface area contributed by atoms with Crippen LogP contribution in [0.1, 0.15) is 47.6 Å². The topological polar surface area (TPSA) is 143 Å². The molecular weight excluding hydrogens is 466 g/mol. The van der Waals surface area contributed by atoms with E-state index in [9.17, 15) is 24.3 Å². The van der Waals surface area contributed by atoms with Gasteiger partial charge in [-0.05, 0) is 55.7 Å². The molecule has 1 aromatic heterocycles. The molecule has 1 aliphatic carbocycles. The number of ether oxygens (including phenoxy) is 1. The van der Waals surface area contributed by atoms with E-state index in [0.717, 1.165) is 11.3 Å². The summed E-state index contributed by atoms with van der Waals surface area (Å²) in [5, 5.41) is 16.1. The number of amides is 3. The van der Waals surface area contributed by atoms with Crippen LogP contribution in [-0.2, 0) is 28.1 Å². The fourth-order valence-corrected chi connectivity index (χ4v) is 4.92. The van der Waals surface area contributed by atoms with Gasteiger partial charge in [-0.25, -0.2) is 4.98 Å². The van der Waals surface area contributed by atoms with E-state index in [4.69, 9.17) is 4.74 Å². The van der Waals surface area contributed by atoms with Gasteiger partial charge >= 0.3 is 11.8 Å². The second-order valence-corrected chi connectivity index (χ2v) is 9.58. The minimum Gasteiger partial charge on any atom is -0.501 e. The first-order valence-corrected chi connectivity index (χ1v) is 11.9. The number of rotatable bonds is 6. The van der Waals surface area contributed by atoms with Crippen molar-refractivity contribution in [3.63, 3.8) is 0 Å². The van der Waals surface area contributed by atoms with Crippen molar-refractivity contribution in [3.8, 4) is 11.5 Å². The second-order valence-electron chi connectivity index (χ2n) is 9.58. The van der Waals surface area contributed by atoms with Crippen molar-refractivity contribution in [3.05, 3.63) is 51.7 Å². The highest BCUT2D eigenvalue weighted by atomic mass is 16.5. The molecule has 2 aromatic rings. The molecular formula is C25H31N5O6. The molecule has 0 atom stereocenters. The minimum absolute atomic E-state index is 0.170. The Labute approximate surface area is 208 Å². The Morgan fingerprint density at radius 2 is 1.86 bits per heavy atom. The van der Waals surface area contributed by atoms with Gasteiger partial charge in [0.2, 0.25) is 5.75 Å². The predicted molar refractivity (Wildman–Crippen MR) is 130 cm³/mol. The van der Waals surface area contributed by atoms with E-state index in [0.29, 0.717) is 38.6 Å². The molecule has 2 aliphatic heterocycles. The van der Waals surface area contributed by atoms with E-state index in [1.165, 1.54) is 23.6 Å². The van der Waals surface area contributed by atoms with Crippen molar-refractivity contribution >= 4 is 17.7 Å². The predicted octanol–water partition coefficient (Wildman–Crippen LogP) is 0.534. The summed E-state index contributed by atoms with van der Waals surface area (Å²) in [6.45, 7) is 0.583. The molecule has 5 rings (SSSR count). The quantitative estimate of drug-likeness (QED) is 0.494. The van der Waals surface area contributed by atoms with Gasteiger partial charge in [-0.15, -0.1) is 0 Å². The van der Waals surface area contributed by atoms with Crippen LogP contribution in [0.25, 0.3) is 0 Å². The lowest BCUT2D eigenvalue weighted by atomic mass is 9.77. The maximum atomic E-state index is 13.1. The summed E-state index contributed by atoms with van der Waals surface area (Å²) in [6.07, 6.45) is 2.89. The first kappa shape index (κ1) is 25.2. The summed E-state index contributed by atoms with van der Waals surface area (Å²) in [5.74, 6) is -1.85. The molecule has 0 unspecified atom stereocenters. The van der Waals surface area contributed by atoms with Crippen molar-refractivity contribution in [2.45, 2.75) is 44.2 Å². The van der Waals surface area contributed by atoms with Crippen molar-refractivity contribution < 1.29 is 24.2 Å². The SMILES string of the molecule is COc1ccc(CCNC(=O)c2nc3n(c(=O)c2O)CC2CCC3(NC(=O)C(=O)N(C)C)CC2)cc1. The zero-order chi connectivity index (χ0) is 26.0. The van der Waals surface area contributed by atoms with Crippen LogP contribution < -0.4 is 20.9 Å². The molecule has 0 radical (unpaired) electrons. The van der Waals surface area contributed by atoms with E-state index >= 15 is 0 Å². The van der Waals surface area contributed by atoms with E-state index in [-0.39, 0.29) is 24.0 Å². The van der Waals surface area contributed by atoms with Crippen LogP contribution in [-0.4, -0.2) is 65.0 Å². The van der Waals surface area contributed by atoms with Gasteiger partial charge in [-0.1, -0.05) is 12.1 Å². The van der Waals surface area contributed by atoms with Gasteiger partial charge in [0.1, 0.15) is 11.6 Å². The Kier molecular flexibility index (Phi) is 7.00. The first-order valence-electron chi connectivity index (χ1n) is 11.9. The lowest BCUT2D eigenvalue weighted by Crippen LogP contribution is -2.53. The maximum absolute atomic E-state index is 13.1. The van der Waals surface area contributed by atoms with E-state index in [1.54, 1.807) is 7.11 Å². The molecule has 1 aromatic carbocycles. The van der Waals surface area contributed by atoms with Gasteiger partial charge in [-0.3, -0.25) is 23.7 Å². The molecule has 3 N–H and O–H groups in total. The lowest BCUT2D eigenvalue weighted by molar-refractivity contribution is -0.145. The highest BCUT2D eigenvalue weighted by molar-refractivity contribution is 6.35. The van der Waals surface area contributed by atoms with Gasteiger partial charge < -0.3 is 25.4 Å². The summed E-state index contributed by atoms with van der Waals surface area (Å²) in [7, 11) is 4.54. The highest BCUT2D eigenvalue weighted by Crippen LogP contribution is 2.42. The van der Waals surface area contributed by atoms with Crippen LogP contribution in [0.4, 0.5) is 0 Å². The Bertz CT molecular complexity index is 1230. The third kappa shape index (κ3) is 4.77. The van der Waals surface area contributed by atoms with Crippen LogP contribution in [0.5, 0.6) is 11.5 Å². The van der Waals surface area contributed by atoms with Gasteiger partial charge in [0, 0.05) is 27.2 Å². The van der Waals surface area contributed by atoms with Crippen molar-refractivity contribution in [2.24, 2.45) is 5.92 Å². The third-order valence-electron chi connectivity index (χ3n) is 7.00. The number of fused-ring (bicyclic) bond motifs is 2. The van der Waals surface area contributed by atoms with Gasteiger partial charge in [0.15, 0.2) is 5.69 Å². The van der Waals surface area contributed by atoms with Crippen molar-refractivity contribution in [2.75, 3.05) is 27.7 Å². The number of nitrogens with zero attached hydrogens (tertiary/aromatic N) is 3. The standard InChI is InChI=1S/C25H31N5O6/c1-29(2)23(35)21(33)28-25-11-8-16(9-12-25)14-30-22(34)19(31)18(27-24(25)30)20(32)26-13-10-15-4-6-17(36-3)7-5-15/h4-7,16,31H,8-14H2,1-3H3,(H,26,32)(H,28,33). The molecule has 0 spiro atoms. The Balaban J connectivity index is 1.61. The summed E-state index contributed by atoms with van der Waals surface area (Å²) in [6, 6.07) is 7.41. The van der Waals surface area contributed by atoms with Crippen molar-refractivity contribution in [1.29, 1.82) is 0 Å². The second kappa shape index (κ2) is 10.00. The summed E-state index contributed by atoms with van der Waals surface area (Å²) >= 11 is 0. The fourth-order valence-electron chi connectivity index (χ4n) is 4.92. The summed E-state index contributed by atoms with van der Waals surface area (Å²) in [5.41, 5.74) is -1.23. The van der Waals surface area contributed by atoms with Crippen LogP contribution in [0, 0.1) is 5.92 Å². The highest BCUT2D eigenvalue weighted by Gasteiger charge is 2.46. The molecule has 1 fully saturated rings. The van der Waals surface area contributed by atoms with Crippen LogP contribution in [0.15, 0.2) is 29.1 Å². The zero-order valence-electron chi connectivity index (χ0n) is 20.7. The average Bonchev–Trinajstić information content (AvgIpc) is 3.12. The van der Waals surface area contributed by atoms with Crippen LogP contribution >= 0.6 is 0 Å². The minimum atomic E-state index is -1.08. The number of likely N-dealkylation sites (N-methyl/N-ethyl adjacent to an activating group) is 1. The van der Waals surface area contributed by atoms with Gasteiger partial charge in [-0.2, -0.15) is 0 Å². The largest absolute Gasteiger partial charge is 0.501 e. The molecule has 1 saturated carbocycles. The lowest BCUT2D eigenvalue weighted by Gasteiger charge is -2.37. The Hall–Kier alpha value is -3.89. The average molecular weight is 498 g/mol. The van der Waals surface area contributed by atoms with Gasteiger partial charge in [0.05, 0.1) is 12.6 Å². The number of benzene rings is 1. The first-order chi connectivity index (χ1) is 17.1. The van der Waals surface area contributed by atoms with Gasteiger partial charge in [0.25, 0.3) is 11.5 Å². The van der Waals surface area contributed by atoms with E-state index < -0.39 is 34.6 Å². The number of carbonyl (C=O) groups excluding carboxylic acids is 3. The molecule has 3 heterocycles. The Morgan fingerprint density at radius 1 is 1.19 bits per heavy atom. The molecule has 3 amide bonds. The smallest absolute Gasteiger partial charge is 0.311 e. The molecule has 3 aliphatic rings. The monoisotopic (exact) mass is 497 g/mol. The summed E-state index contributed by atoms with van der Waals surface area (Å²) < 4.78 is 6.48. The van der Waals surface area contributed by atoms with E-state index in [2.05, 4.69) is 15.6 Å². The van der Waals surface area contributed by atoms with Crippen LogP contribution in [0.3, 0.4) is 0 Å². The zero-order valence-corrected chi connectivity index (χ0v) is 20.7. The van der Waals surface area contributed by atoms with E-state index in [1.807, 2.05) is 24.3 Å². The van der Waals surface area contributed by atoms with Crippen molar-refractivity contribution in [1.82, 2.24) is 25.1 Å². The van der Waals surface area contributed by atoms with Crippen LogP contribution in [0.2, 0.25) is 0 Å². The number of hydrogen-bond donors (Lipinski definition) is 3. The maximum Gasteiger partial charge on any atom is 0.311 e. The summed E-state index contributed by atoms with van der Waals surface area (Å²) in [4.78, 5) is 56.7. The number of aromatic hydroxyl groups is 1. The number of hydrogen-bond acceptors (Lipinski definition) is 7. The normalized spacial score (nSPS) is 20.1. The number of nitrogens with one attached hydrogen (secondary N) is 2. The molecule has 192 valence electrons. The number of aromatic nitrogens is 2.